The summed E-state index contributed by atoms with van der Waals surface area (Å²) in [5.41, 5.74) is 5.86. The Bertz CT molecular complexity index is 730. The molecule has 4 nitrogen and oxygen atoms in total. The van der Waals surface area contributed by atoms with Crippen LogP contribution in [-0.2, 0) is 24.9 Å². The molecule has 118 valence electrons. The zero-order valence-electron chi connectivity index (χ0n) is 13.9. The topological polar surface area (TPSA) is 34.5 Å². The Hall–Kier alpha value is -1.65. The lowest BCUT2D eigenvalue weighted by atomic mass is 10.0. The fourth-order valence-corrected chi connectivity index (χ4v) is 3.44. The number of aryl methyl sites for hydroxylation is 1. The molecule has 0 radical (unpaired) electrons. The summed E-state index contributed by atoms with van der Waals surface area (Å²) in [5, 5.41) is 1.11. The normalized spacial score (nSPS) is 14.7. The van der Waals surface area contributed by atoms with E-state index in [1.165, 1.54) is 16.6 Å². The van der Waals surface area contributed by atoms with Gasteiger partial charge in [0.05, 0.1) is 6.61 Å². The molecule has 1 aliphatic rings. The van der Waals surface area contributed by atoms with Gasteiger partial charge in [0, 0.05) is 62.4 Å². The van der Waals surface area contributed by atoms with Gasteiger partial charge in [-0.25, -0.2) is 0 Å². The second-order valence-electron chi connectivity index (χ2n) is 6.14. The van der Waals surface area contributed by atoms with Crippen molar-refractivity contribution in [3.8, 4) is 0 Å². The zero-order chi connectivity index (χ0) is 15.9. The Balaban J connectivity index is 2.05. The monoisotopic (exact) mass is 300 g/mol. The summed E-state index contributed by atoms with van der Waals surface area (Å²) in [7, 11) is 3.79. The van der Waals surface area contributed by atoms with Crippen LogP contribution in [0.5, 0.6) is 0 Å². The van der Waals surface area contributed by atoms with Crippen molar-refractivity contribution in [1.82, 2.24) is 9.47 Å². The number of fused-ring (bicyclic) bond motifs is 2. The highest BCUT2D eigenvalue weighted by Gasteiger charge is 2.23. The van der Waals surface area contributed by atoms with Gasteiger partial charge in [-0.1, -0.05) is 6.92 Å². The molecule has 0 bridgehead atoms. The largest absolute Gasteiger partial charge is 0.383 e. The lowest BCUT2D eigenvalue weighted by Gasteiger charge is -2.13. The molecule has 1 aromatic heterocycles. The van der Waals surface area contributed by atoms with Crippen LogP contribution in [0.1, 0.15) is 40.5 Å². The molecule has 4 heteroatoms. The average Bonchev–Trinajstić information content (AvgIpc) is 3.02. The lowest BCUT2D eigenvalue weighted by molar-refractivity contribution is 0.0989. The van der Waals surface area contributed by atoms with E-state index in [-0.39, 0.29) is 5.78 Å². The Labute approximate surface area is 131 Å². The van der Waals surface area contributed by atoms with Gasteiger partial charge in [-0.15, -0.1) is 0 Å². The fourth-order valence-electron chi connectivity index (χ4n) is 3.44. The first-order valence-electron chi connectivity index (χ1n) is 7.92. The molecule has 0 saturated heterocycles. The van der Waals surface area contributed by atoms with Crippen LogP contribution in [0.25, 0.3) is 10.9 Å². The maximum absolute atomic E-state index is 12.3. The van der Waals surface area contributed by atoms with E-state index in [0.29, 0.717) is 6.42 Å². The summed E-state index contributed by atoms with van der Waals surface area (Å²) < 4.78 is 7.32. The molecule has 0 saturated carbocycles. The van der Waals surface area contributed by atoms with E-state index < -0.39 is 0 Å². The first kappa shape index (κ1) is 15.3. The maximum atomic E-state index is 12.3. The van der Waals surface area contributed by atoms with E-state index in [1.807, 2.05) is 20.9 Å². The number of hydrogen-bond acceptors (Lipinski definition) is 3. The standard InChI is InChI=1S/C18H24N2O2/c1-5-17(21)18-12(2)19(3)16-9-14-11-20(6-7-22-4)10-13(14)8-15(16)18/h8-9H,5-7,10-11H2,1-4H3. The van der Waals surface area contributed by atoms with Crippen LogP contribution in [0.4, 0.5) is 0 Å². The van der Waals surface area contributed by atoms with Crippen molar-refractivity contribution in [3.63, 3.8) is 0 Å². The summed E-state index contributed by atoms with van der Waals surface area (Å²) in [4.78, 5) is 14.7. The smallest absolute Gasteiger partial charge is 0.165 e. The van der Waals surface area contributed by atoms with Crippen molar-refractivity contribution >= 4 is 16.7 Å². The van der Waals surface area contributed by atoms with Crippen molar-refractivity contribution in [2.75, 3.05) is 20.3 Å². The lowest BCUT2D eigenvalue weighted by Crippen LogP contribution is -2.21. The van der Waals surface area contributed by atoms with Crippen molar-refractivity contribution in [3.05, 3.63) is 34.5 Å². The van der Waals surface area contributed by atoms with Gasteiger partial charge in [0.25, 0.3) is 0 Å². The highest BCUT2D eigenvalue weighted by molar-refractivity contribution is 6.09. The zero-order valence-corrected chi connectivity index (χ0v) is 13.9. The van der Waals surface area contributed by atoms with Gasteiger partial charge in [-0.2, -0.15) is 0 Å². The molecular formula is C18H24N2O2. The third kappa shape index (κ3) is 2.36. The fraction of sp³-hybridized carbons (Fsp3) is 0.500. The number of ether oxygens (including phenoxy) is 1. The summed E-state index contributed by atoms with van der Waals surface area (Å²) in [6.45, 7) is 7.59. The number of Topliss-reactive ketones (excluding diaryl/α,β-unsaturated/α-hetero) is 1. The molecule has 0 amide bonds. The summed E-state index contributed by atoms with van der Waals surface area (Å²) in [6.07, 6.45) is 0.553. The number of aromatic nitrogens is 1. The van der Waals surface area contributed by atoms with Crippen molar-refractivity contribution in [2.24, 2.45) is 7.05 Å². The number of ketones is 1. The summed E-state index contributed by atoms with van der Waals surface area (Å²) >= 11 is 0. The second-order valence-corrected chi connectivity index (χ2v) is 6.14. The molecular weight excluding hydrogens is 276 g/mol. The number of carbonyl (C=O) groups excluding carboxylic acids is 1. The van der Waals surface area contributed by atoms with Crippen LogP contribution >= 0.6 is 0 Å². The molecule has 0 N–H and O–H groups in total. The molecule has 0 aliphatic carbocycles. The van der Waals surface area contributed by atoms with E-state index in [1.54, 1.807) is 7.11 Å². The van der Waals surface area contributed by atoms with Crippen LogP contribution in [0.3, 0.4) is 0 Å². The number of benzene rings is 1. The molecule has 2 heterocycles. The van der Waals surface area contributed by atoms with Crippen LogP contribution in [0.15, 0.2) is 12.1 Å². The van der Waals surface area contributed by atoms with E-state index in [4.69, 9.17) is 4.74 Å². The first-order valence-corrected chi connectivity index (χ1v) is 7.92. The third-order valence-electron chi connectivity index (χ3n) is 4.81. The minimum Gasteiger partial charge on any atom is -0.383 e. The highest BCUT2D eigenvalue weighted by atomic mass is 16.5. The van der Waals surface area contributed by atoms with Crippen molar-refractivity contribution in [1.29, 1.82) is 0 Å². The number of hydrogen-bond donors (Lipinski definition) is 0. The molecule has 22 heavy (non-hydrogen) atoms. The van der Waals surface area contributed by atoms with Crippen LogP contribution < -0.4 is 0 Å². The van der Waals surface area contributed by atoms with Gasteiger partial charge in [0.2, 0.25) is 0 Å². The molecule has 1 aromatic carbocycles. The van der Waals surface area contributed by atoms with Crippen LogP contribution in [-0.4, -0.2) is 35.5 Å². The van der Waals surface area contributed by atoms with Gasteiger partial charge < -0.3 is 9.30 Å². The average molecular weight is 300 g/mol. The summed E-state index contributed by atoms with van der Waals surface area (Å²) in [5.74, 6) is 0.234. The summed E-state index contributed by atoms with van der Waals surface area (Å²) in [6, 6.07) is 4.49. The van der Waals surface area contributed by atoms with E-state index in [9.17, 15) is 4.79 Å². The maximum Gasteiger partial charge on any atom is 0.165 e. The molecule has 0 fully saturated rings. The van der Waals surface area contributed by atoms with E-state index >= 15 is 0 Å². The molecule has 0 spiro atoms. The Morgan fingerprint density at radius 1 is 1.27 bits per heavy atom. The minimum absolute atomic E-state index is 0.234. The first-order chi connectivity index (χ1) is 10.6. The number of carbonyl (C=O) groups is 1. The molecule has 3 rings (SSSR count). The van der Waals surface area contributed by atoms with Gasteiger partial charge >= 0.3 is 0 Å². The predicted octanol–water partition coefficient (Wildman–Crippen LogP) is 3.04. The Morgan fingerprint density at radius 3 is 2.59 bits per heavy atom. The molecule has 1 aliphatic heterocycles. The predicted molar refractivity (Wildman–Crippen MR) is 88.3 cm³/mol. The van der Waals surface area contributed by atoms with Gasteiger partial charge in [0.1, 0.15) is 0 Å². The minimum atomic E-state index is 0.234. The number of nitrogens with zero attached hydrogens (tertiary/aromatic N) is 2. The van der Waals surface area contributed by atoms with Gasteiger partial charge in [-0.3, -0.25) is 9.69 Å². The van der Waals surface area contributed by atoms with Crippen molar-refractivity contribution < 1.29 is 9.53 Å². The molecule has 0 unspecified atom stereocenters. The molecule has 2 aromatic rings. The highest BCUT2D eigenvalue weighted by Crippen LogP contribution is 2.32. The Morgan fingerprint density at radius 2 is 1.95 bits per heavy atom. The third-order valence-corrected chi connectivity index (χ3v) is 4.81. The van der Waals surface area contributed by atoms with E-state index in [2.05, 4.69) is 21.6 Å². The van der Waals surface area contributed by atoms with Gasteiger partial charge in [-0.05, 0) is 30.2 Å². The second kappa shape index (κ2) is 5.86. The van der Waals surface area contributed by atoms with Crippen molar-refractivity contribution in [2.45, 2.75) is 33.4 Å². The molecule has 0 atom stereocenters. The SMILES string of the molecule is CCC(=O)c1c(C)n(C)c2cc3c(cc12)CN(CCOC)C3. The van der Waals surface area contributed by atoms with E-state index in [0.717, 1.165) is 42.9 Å². The quantitative estimate of drug-likeness (QED) is 0.796. The van der Waals surface area contributed by atoms with Gasteiger partial charge in [0.15, 0.2) is 5.78 Å². The Kier molecular flexibility index (Phi) is 4.06. The van der Waals surface area contributed by atoms with Crippen LogP contribution in [0, 0.1) is 6.92 Å². The number of rotatable bonds is 5. The van der Waals surface area contributed by atoms with Crippen LogP contribution in [0.2, 0.25) is 0 Å². The number of methoxy groups -OCH3 is 1.